The van der Waals surface area contributed by atoms with Crippen molar-refractivity contribution in [2.45, 2.75) is 64.8 Å². The van der Waals surface area contributed by atoms with Crippen LogP contribution in [0.25, 0.3) is 0 Å². The number of carbonyl (C=O) groups excluding carboxylic acids is 1. The SMILES string of the molecule is CCCCCCCN1CCCC(NC(C)=O)C1. The Bertz CT molecular complexity index is 218. The number of likely N-dealkylation sites (tertiary alicyclic amines) is 1. The number of carbonyl (C=O) groups is 1. The van der Waals surface area contributed by atoms with E-state index in [0.717, 1.165) is 13.0 Å². The van der Waals surface area contributed by atoms with Crippen molar-refractivity contribution in [1.29, 1.82) is 0 Å². The zero-order chi connectivity index (χ0) is 12.5. The third-order valence-corrected chi connectivity index (χ3v) is 3.49. The Kier molecular flexibility index (Phi) is 7.25. The summed E-state index contributed by atoms with van der Waals surface area (Å²) in [6.07, 6.45) is 9.09. The highest BCUT2D eigenvalue weighted by molar-refractivity contribution is 5.73. The molecule has 1 unspecified atom stereocenters. The number of amides is 1. The van der Waals surface area contributed by atoms with E-state index >= 15 is 0 Å². The lowest BCUT2D eigenvalue weighted by Gasteiger charge is -2.32. The van der Waals surface area contributed by atoms with Crippen molar-refractivity contribution < 1.29 is 4.79 Å². The number of nitrogens with zero attached hydrogens (tertiary/aromatic N) is 1. The van der Waals surface area contributed by atoms with Gasteiger partial charge < -0.3 is 10.2 Å². The molecule has 0 aromatic carbocycles. The molecule has 1 saturated heterocycles. The van der Waals surface area contributed by atoms with Gasteiger partial charge in [-0.05, 0) is 32.4 Å². The van der Waals surface area contributed by atoms with Crippen molar-refractivity contribution in [1.82, 2.24) is 10.2 Å². The molecule has 0 aromatic rings. The molecule has 0 radical (unpaired) electrons. The Morgan fingerprint density at radius 1 is 1.29 bits per heavy atom. The van der Waals surface area contributed by atoms with Crippen molar-refractivity contribution in [2.24, 2.45) is 0 Å². The van der Waals surface area contributed by atoms with Crippen LogP contribution in [-0.2, 0) is 4.79 Å². The van der Waals surface area contributed by atoms with Crippen molar-refractivity contribution in [3.63, 3.8) is 0 Å². The molecule has 1 rings (SSSR count). The third-order valence-electron chi connectivity index (χ3n) is 3.49. The fraction of sp³-hybridized carbons (Fsp3) is 0.929. The van der Waals surface area contributed by atoms with Crippen LogP contribution < -0.4 is 5.32 Å². The minimum Gasteiger partial charge on any atom is -0.352 e. The fourth-order valence-corrected chi connectivity index (χ4v) is 2.60. The average Bonchev–Trinajstić information content (AvgIpc) is 2.28. The van der Waals surface area contributed by atoms with Gasteiger partial charge in [-0.3, -0.25) is 4.79 Å². The predicted molar refractivity (Wildman–Crippen MR) is 72.0 cm³/mol. The van der Waals surface area contributed by atoms with Crippen LogP contribution in [0.3, 0.4) is 0 Å². The predicted octanol–water partition coefficient (Wildman–Crippen LogP) is 2.56. The summed E-state index contributed by atoms with van der Waals surface area (Å²) in [5, 5.41) is 3.04. The lowest BCUT2D eigenvalue weighted by atomic mass is 10.0. The van der Waals surface area contributed by atoms with Gasteiger partial charge in [0, 0.05) is 19.5 Å². The molecular formula is C14H28N2O. The minimum atomic E-state index is 0.111. The van der Waals surface area contributed by atoms with Gasteiger partial charge in [-0.25, -0.2) is 0 Å². The van der Waals surface area contributed by atoms with Gasteiger partial charge in [0.15, 0.2) is 0 Å². The lowest BCUT2D eigenvalue weighted by Crippen LogP contribution is -2.47. The molecule has 0 bridgehead atoms. The van der Waals surface area contributed by atoms with Crippen molar-refractivity contribution in [3.8, 4) is 0 Å². The molecule has 0 aromatic heterocycles. The van der Waals surface area contributed by atoms with Gasteiger partial charge in [0.25, 0.3) is 0 Å². The molecule has 1 N–H and O–H groups in total. The second kappa shape index (κ2) is 8.51. The van der Waals surface area contributed by atoms with Gasteiger partial charge >= 0.3 is 0 Å². The third kappa shape index (κ3) is 6.67. The molecule has 1 aliphatic rings. The first kappa shape index (κ1) is 14.5. The highest BCUT2D eigenvalue weighted by Crippen LogP contribution is 2.12. The molecule has 0 saturated carbocycles. The van der Waals surface area contributed by atoms with E-state index < -0.39 is 0 Å². The van der Waals surface area contributed by atoms with E-state index in [1.807, 2.05) is 0 Å². The number of unbranched alkanes of at least 4 members (excludes halogenated alkanes) is 4. The summed E-state index contributed by atoms with van der Waals surface area (Å²) in [5.41, 5.74) is 0. The largest absolute Gasteiger partial charge is 0.352 e. The van der Waals surface area contributed by atoms with E-state index in [4.69, 9.17) is 0 Å². The highest BCUT2D eigenvalue weighted by atomic mass is 16.1. The van der Waals surface area contributed by atoms with Gasteiger partial charge in [0.1, 0.15) is 0 Å². The van der Waals surface area contributed by atoms with Crippen LogP contribution in [0, 0.1) is 0 Å². The first-order valence-electron chi connectivity index (χ1n) is 7.22. The standard InChI is InChI=1S/C14H28N2O/c1-3-4-5-6-7-10-16-11-8-9-14(12-16)15-13(2)17/h14H,3-12H2,1-2H3,(H,15,17). The van der Waals surface area contributed by atoms with E-state index in [-0.39, 0.29) is 5.91 Å². The van der Waals surface area contributed by atoms with Crippen molar-refractivity contribution >= 4 is 5.91 Å². The Morgan fingerprint density at radius 2 is 2.06 bits per heavy atom. The molecule has 1 fully saturated rings. The molecule has 1 atom stereocenters. The summed E-state index contributed by atoms with van der Waals surface area (Å²) >= 11 is 0. The Labute approximate surface area is 106 Å². The van der Waals surface area contributed by atoms with E-state index in [1.54, 1.807) is 6.92 Å². The zero-order valence-corrected chi connectivity index (χ0v) is 11.5. The number of rotatable bonds is 7. The maximum absolute atomic E-state index is 11.0. The monoisotopic (exact) mass is 240 g/mol. The molecule has 0 spiro atoms. The maximum Gasteiger partial charge on any atom is 0.217 e. The molecule has 17 heavy (non-hydrogen) atoms. The fourth-order valence-electron chi connectivity index (χ4n) is 2.60. The van der Waals surface area contributed by atoms with Crippen molar-refractivity contribution in [3.05, 3.63) is 0 Å². The van der Waals surface area contributed by atoms with Crippen molar-refractivity contribution in [2.75, 3.05) is 19.6 Å². The first-order valence-corrected chi connectivity index (χ1v) is 7.22. The highest BCUT2D eigenvalue weighted by Gasteiger charge is 2.19. The summed E-state index contributed by atoms with van der Waals surface area (Å²) < 4.78 is 0. The van der Waals surface area contributed by atoms with E-state index in [0.29, 0.717) is 6.04 Å². The Morgan fingerprint density at radius 3 is 2.76 bits per heavy atom. The minimum absolute atomic E-state index is 0.111. The molecule has 1 amide bonds. The number of nitrogens with one attached hydrogen (secondary N) is 1. The molecule has 1 heterocycles. The molecule has 1 aliphatic heterocycles. The van der Waals surface area contributed by atoms with E-state index in [9.17, 15) is 4.79 Å². The Hall–Kier alpha value is -0.570. The van der Waals surface area contributed by atoms with Crippen LogP contribution in [0.5, 0.6) is 0 Å². The van der Waals surface area contributed by atoms with Crippen LogP contribution in [0.15, 0.2) is 0 Å². The smallest absolute Gasteiger partial charge is 0.217 e. The van der Waals surface area contributed by atoms with Gasteiger partial charge in [-0.1, -0.05) is 32.6 Å². The van der Waals surface area contributed by atoms with Gasteiger partial charge in [-0.2, -0.15) is 0 Å². The van der Waals surface area contributed by atoms with Crippen LogP contribution in [0.2, 0.25) is 0 Å². The van der Waals surface area contributed by atoms with Crippen LogP contribution in [-0.4, -0.2) is 36.5 Å². The molecule has 0 aliphatic carbocycles. The van der Waals surface area contributed by atoms with E-state index in [2.05, 4.69) is 17.1 Å². The molecular weight excluding hydrogens is 212 g/mol. The van der Waals surface area contributed by atoms with Gasteiger partial charge in [0.05, 0.1) is 0 Å². The summed E-state index contributed by atoms with van der Waals surface area (Å²) in [5.74, 6) is 0.111. The molecule has 3 nitrogen and oxygen atoms in total. The maximum atomic E-state index is 11.0. The van der Waals surface area contributed by atoms with Crippen LogP contribution in [0.1, 0.15) is 58.8 Å². The number of hydrogen-bond donors (Lipinski definition) is 1. The van der Waals surface area contributed by atoms with Crippen LogP contribution >= 0.6 is 0 Å². The average molecular weight is 240 g/mol. The normalized spacial score (nSPS) is 21.4. The van der Waals surface area contributed by atoms with Gasteiger partial charge in [0.2, 0.25) is 5.91 Å². The molecule has 100 valence electrons. The van der Waals surface area contributed by atoms with E-state index in [1.165, 1.54) is 51.6 Å². The quantitative estimate of drug-likeness (QED) is 0.694. The number of hydrogen-bond acceptors (Lipinski definition) is 2. The first-order chi connectivity index (χ1) is 8.22. The van der Waals surface area contributed by atoms with Crippen LogP contribution in [0.4, 0.5) is 0 Å². The summed E-state index contributed by atoms with van der Waals surface area (Å²) in [4.78, 5) is 13.5. The molecule has 3 heteroatoms. The summed E-state index contributed by atoms with van der Waals surface area (Å²) in [6.45, 7) is 7.34. The Balaban J connectivity index is 2.09. The second-order valence-electron chi connectivity index (χ2n) is 5.25. The second-order valence-corrected chi connectivity index (χ2v) is 5.25. The topological polar surface area (TPSA) is 32.3 Å². The van der Waals surface area contributed by atoms with Gasteiger partial charge in [-0.15, -0.1) is 0 Å². The number of piperidine rings is 1. The zero-order valence-electron chi connectivity index (χ0n) is 11.5. The summed E-state index contributed by atoms with van der Waals surface area (Å²) in [7, 11) is 0. The summed E-state index contributed by atoms with van der Waals surface area (Å²) in [6, 6.07) is 0.386. The lowest BCUT2D eigenvalue weighted by molar-refractivity contribution is -0.120.